The van der Waals surface area contributed by atoms with E-state index >= 15 is 0 Å². The van der Waals surface area contributed by atoms with Gasteiger partial charge < -0.3 is 15.5 Å². The van der Waals surface area contributed by atoms with E-state index in [9.17, 15) is 4.79 Å². The van der Waals surface area contributed by atoms with E-state index < -0.39 is 0 Å². The number of nitrogen functional groups attached to an aromatic ring is 1. The van der Waals surface area contributed by atoms with E-state index in [1.807, 2.05) is 18.2 Å². The zero-order valence-electron chi connectivity index (χ0n) is 11.3. The van der Waals surface area contributed by atoms with Crippen molar-refractivity contribution in [1.82, 2.24) is 4.98 Å². The molecule has 0 fully saturated rings. The summed E-state index contributed by atoms with van der Waals surface area (Å²) in [5, 5.41) is 0.841. The molecule has 106 valence electrons. The summed E-state index contributed by atoms with van der Waals surface area (Å²) in [5.41, 5.74) is 8.21. The van der Waals surface area contributed by atoms with Crippen LogP contribution in [-0.2, 0) is 0 Å². The minimum atomic E-state index is -0.164. The molecule has 0 aliphatic carbocycles. The molecular formula is C16H13BrN2O2. The molecule has 0 spiro atoms. The molecule has 1 aromatic heterocycles. The van der Waals surface area contributed by atoms with E-state index in [4.69, 9.17) is 10.5 Å². The Bertz CT molecular complexity index is 839. The number of halogens is 1. The van der Waals surface area contributed by atoms with Crippen LogP contribution in [0.2, 0.25) is 0 Å². The molecule has 0 bridgehead atoms. The lowest BCUT2D eigenvalue weighted by atomic mass is 10.0. The molecular weight excluding hydrogens is 332 g/mol. The fourth-order valence-electron chi connectivity index (χ4n) is 2.42. The number of carbonyl (C=O) groups is 1. The number of H-pyrrole nitrogens is 1. The van der Waals surface area contributed by atoms with Crippen molar-refractivity contribution in [2.24, 2.45) is 0 Å². The van der Waals surface area contributed by atoms with E-state index in [-0.39, 0.29) is 5.78 Å². The normalized spacial score (nSPS) is 10.8. The molecule has 3 rings (SSSR count). The van der Waals surface area contributed by atoms with Gasteiger partial charge in [0.05, 0.1) is 12.7 Å². The van der Waals surface area contributed by atoms with Crippen molar-refractivity contribution in [2.75, 3.05) is 12.8 Å². The molecule has 0 saturated heterocycles. The van der Waals surface area contributed by atoms with Crippen molar-refractivity contribution in [3.05, 3.63) is 58.2 Å². The molecule has 2 aromatic carbocycles. The van der Waals surface area contributed by atoms with Gasteiger partial charge in [0, 0.05) is 32.8 Å². The fraction of sp³-hybridized carbons (Fsp3) is 0.0625. The number of carbonyl (C=O) groups excluding carboxylic acids is 1. The number of methoxy groups -OCH3 is 1. The quantitative estimate of drug-likeness (QED) is 0.561. The molecule has 5 heteroatoms. The topological polar surface area (TPSA) is 68.1 Å². The second kappa shape index (κ2) is 5.26. The van der Waals surface area contributed by atoms with Gasteiger partial charge in [0.25, 0.3) is 0 Å². The highest BCUT2D eigenvalue weighted by atomic mass is 79.9. The van der Waals surface area contributed by atoms with Crippen LogP contribution in [0.1, 0.15) is 15.9 Å². The van der Waals surface area contributed by atoms with E-state index in [1.54, 1.807) is 24.4 Å². The first-order chi connectivity index (χ1) is 10.1. The third-order valence-corrected chi connectivity index (χ3v) is 4.07. The summed E-state index contributed by atoms with van der Waals surface area (Å²) in [6.45, 7) is 0. The molecule has 3 aromatic rings. The highest BCUT2D eigenvalue weighted by molar-refractivity contribution is 9.10. The van der Waals surface area contributed by atoms with Crippen LogP contribution in [0.4, 0.5) is 5.69 Å². The van der Waals surface area contributed by atoms with Crippen LogP contribution in [0.5, 0.6) is 5.75 Å². The largest absolute Gasteiger partial charge is 0.496 e. The maximum Gasteiger partial charge on any atom is 0.201 e. The summed E-state index contributed by atoms with van der Waals surface area (Å²) in [7, 11) is 1.52. The molecule has 0 saturated carbocycles. The number of ether oxygens (including phenoxy) is 1. The number of nitrogens with one attached hydrogen (secondary N) is 1. The second-order valence-electron chi connectivity index (χ2n) is 4.62. The molecule has 21 heavy (non-hydrogen) atoms. The van der Waals surface area contributed by atoms with Gasteiger partial charge in [0.15, 0.2) is 0 Å². The van der Waals surface area contributed by atoms with Gasteiger partial charge in [0.1, 0.15) is 5.75 Å². The molecule has 0 amide bonds. The molecule has 3 N–H and O–H groups in total. The number of rotatable bonds is 3. The first kappa shape index (κ1) is 13.7. The molecule has 0 unspecified atom stereocenters. The highest BCUT2D eigenvalue weighted by Crippen LogP contribution is 2.32. The van der Waals surface area contributed by atoms with Gasteiger partial charge >= 0.3 is 0 Å². The SMILES string of the molecule is COc1cccc(N)c1C(=O)c1c[nH]c2cccc(Br)c12. The molecule has 0 aliphatic rings. The van der Waals surface area contributed by atoms with E-state index in [1.165, 1.54) is 7.11 Å². The average Bonchev–Trinajstić information content (AvgIpc) is 2.91. The van der Waals surface area contributed by atoms with Crippen molar-refractivity contribution >= 4 is 38.3 Å². The Hall–Kier alpha value is -2.27. The van der Waals surface area contributed by atoms with E-state index in [0.717, 1.165) is 15.4 Å². The monoisotopic (exact) mass is 344 g/mol. The first-order valence-corrected chi connectivity index (χ1v) is 7.15. The molecule has 4 nitrogen and oxygen atoms in total. The average molecular weight is 345 g/mol. The van der Waals surface area contributed by atoms with Gasteiger partial charge in [-0.25, -0.2) is 0 Å². The maximum absolute atomic E-state index is 12.9. The molecule has 1 heterocycles. The Labute approximate surface area is 130 Å². The summed E-state index contributed by atoms with van der Waals surface area (Å²) in [5.74, 6) is 0.310. The third kappa shape index (κ3) is 2.19. The van der Waals surface area contributed by atoms with Crippen LogP contribution in [0, 0.1) is 0 Å². The number of ketones is 1. The second-order valence-corrected chi connectivity index (χ2v) is 5.47. The van der Waals surface area contributed by atoms with Crippen LogP contribution in [0.15, 0.2) is 47.1 Å². The summed E-state index contributed by atoms with van der Waals surface area (Å²) >= 11 is 3.49. The van der Waals surface area contributed by atoms with Crippen LogP contribution in [0.25, 0.3) is 10.9 Å². The third-order valence-electron chi connectivity index (χ3n) is 3.41. The Balaban J connectivity index is 2.23. The van der Waals surface area contributed by atoms with E-state index in [0.29, 0.717) is 22.6 Å². The number of benzene rings is 2. The Morgan fingerprint density at radius 3 is 2.76 bits per heavy atom. The minimum Gasteiger partial charge on any atom is -0.496 e. The predicted octanol–water partition coefficient (Wildman–Crippen LogP) is 3.75. The number of anilines is 1. The summed E-state index contributed by atoms with van der Waals surface area (Å²) in [4.78, 5) is 16.0. The highest BCUT2D eigenvalue weighted by Gasteiger charge is 2.21. The van der Waals surface area contributed by atoms with Gasteiger partial charge in [-0.1, -0.05) is 28.1 Å². The van der Waals surface area contributed by atoms with Crippen molar-refractivity contribution in [3.63, 3.8) is 0 Å². The van der Waals surface area contributed by atoms with Crippen LogP contribution in [-0.4, -0.2) is 17.9 Å². The van der Waals surface area contributed by atoms with Crippen LogP contribution in [0.3, 0.4) is 0 Å². The van der Waals surface area contributed by atoms with Crippen molar-refractivity contribution in [2.45, 2.75) is 0 Å². The number of hydrogen-bond donors (Lipinski definition) is 2. The van der Waals surface area contributed by atoms with Gasteiger partial charge in [-0.05, 0) is 24.3 Å². The van der Waals surface area contributed by atoms with Crippen molar-refractivity contribution in [1.29, 1.82) is 0 Å². The van der Waals surface area contributed by atoms with Crippen LogP contribution >= 0.6 is 15.9 Å². The lowest BCUT2D eigenvalue weighted by Crippen LogP contribution is -2.07. The van der Waals surface area contributed by atoms with Gasteiger partial charge in [-0.3, -0.25) is 4.79 Å². The summed E-state index contributed by atoms with van der Waals surface area (Å²) < 4.78 is 6.12. The number of hydrogen-bond acceptors (Lipinski definition) is 3. The van der Waals surface area contributed by atoms with Crippen LogP contribution < -0.4 is 10.5 Å². The summed E-state index contributed by atoms with van der Waals surface area (Å²) in [6, 6.07) is 10.9. The van der Waals surface area contributed by atoms with Crippen molar-refractivity contribution < 1.29 is 9.53 Å². The van der Waals surface area contributed by atoms with Crippen molar-refractivity contribution in [3.8, 4) is 5.75 Å². The molecule has 0 radical (unpaired) electrons. The van der Waals surface area contributed by atoms with E-state index in [2.05, 4.69) is 20.9 Å². The minimum absolute atomic E-state index is 0.164. The maximum atomic E-state index is 12.9. The zero-order chi connectivity index (χ0) is 15.0. The smallest absolute Gasteiger partial charge is 0.201 e. The van der Waals surface area contributed by atoms with Gasteiger partial charge in [-0.2, -0.15) is 0 Å². The lowest BCUT2D eigenvalue weighted by Gasteiger charge is -2.10. The number of nitrogens with two attached hydrogens (primary N) is 1. The Morgan fingerprint density at radius 1 is 1.24 bits per heavy atom. The van der Waals surface area contributed by atoms with Gasteiger partial charge in [-0.15, -0.1) is 0 Å². The lowest BCUT2D eigenvalue weighted by molar-refractivity contribution is 0.103. The summed E-state index contributed by atoms with van der Waals surface area (Å²) in [6.07, 6.45) is 1.70. The standard InChI is InChI=1S/C16H13BrN2O2/c1-21-13-7-3-5-11(18)15(13)16(20)9-8-19-12-6-2-4-10(17)14(9)12/h2-8,19H,18H2,1H3. The predicted molar refractivity (Wildman–Crippen MR) is 86.8 cm³/mol. The number of aromatic nitrogens is 1. The number of aromatic amines is 1. The Morgan fingerprint density at radius 2 is 2.00 bits per heavy atom. The molecule has 0 atom stereocenters. The zero-order valence-corrected chi connectivity index (χ0v) is 12.9. The Kier molecular flexibility index (Phi) is 3.43. The number of fused-ring (bicyclic) bond motifs is 1. The van der Waals surface area contributed by atoms with Gasteiger partial charge in [0.2, 0.25) is 5.78 Å². The molecule has 0 aliphatic heterocycles. The first-order valence-electron chi connectivity index (χ1n) is 6.36. The fourth-order valence-corrected chi connectivity index (χ4v) is 2.99.